The van der Waals surface area contributed by atoms with E-state index in [0.29, 0.717) is 0 Å². The first-order chi connectivity index (χ1) is 4.11. The summed E-state index contributed by atoms with van der Waals surface area (Å²) in [5.41, 5.74) is 0. The summed E-state index contributed by atoms with van der Waals surface area (Å²) >= 11 is 0. The second kappa shape index (κ2) is 2.72. The Labute approximate surface area is 65.2 Å². The minimum Gasteiger partial charge on any atom is -0.327 e. The van der Waals surface area contributed by atoms with Crippen LogP contribution in [0.3, 0.4) is 0 Å². The van der Waals surface area contributed by atoms with Gasteiger partial charge in [0, 0.05) is 0 Å². The third-order valence-corrected chi connectivity index (χ3v) is 4.22. The van der Waals surface area contributed by atoms with E-state index in [1.165, 1.54) is 11.5 Å². The summed E-state index contributed by atoms with van der Waals surface area (Å²) in [7, 11) is 10.8. The van der Waals surface area contributed by atoms with E-state index >= 15 is 0 Å². The van der Waals surface area contributed by atoms with Gasteiger partial charge in [-0.05, 0) is 0 Å². The maximum absolute atomic E-state index is 2.27. The molecule has 1 rings (SSSR count). The smallest absolute Gasteiger partial charge is 0.108 e. The van der Waals surface area contributed by atoms with E-state index in [9.17, 15) is 0 Å². The fourth-order valence-corrected chi connectivity index (χ4v) is 4.05. The van der Waals surface area contributed by atoms with Gasteiger partial charge in [0.25, 0.3) is 0 Å². The first-order valence-corrected chi connectivity index (χ1v) is 5.65. The van der Waals surface area contributed by atoms with Gasteiger partial charge < -0.3 is 4.48 Å². The minimum absolute atomic E-state index is 0.875. The van der Waals surface area contributed by atoms with Crippen LogP contribution in [0.5, 0.6) is 0 Å². The zero-order valence-electron chi connectivity index (χ0n) is 6.26. The third kappa shape index (κ3) is 2.06. The van der Waals surface area contributed by atoms with Crippen molar-refractivity contribution in [2.24, 2.45) is 0 Å². The topological polar surface area (TPSA) is 0 Å². The molecule has 1 aliphatic rings. The van der Waals surface area contributed by atoms with Crippen LogP contribution in [0.4, 0.5) is 0 Å². The number of hydrogen-bond acceptors (Lipinski definition) is 2. The van der Waals surface area contributed by atoms with Crippen LogP contribution in [0.2, 0.25) is 0 Å². The standard InChI is InChI=1S/C6H14NS2/c1-7(2,3)6-4-8-9-5-6/h6H,4-5H2,1-3H3/q+1. The molecule has 0 saturated carbocycles. The van der Waals surface area contributed by atoms with Crippen molar-refractivity contribution < 1.29 is 4.48 Å². The zero-order valence-corrected chi connectivity index (χ0v) is 7.89. The van der Waals surface area contributed by atoms with Gasteiger partial charge in [0.05, 0.1) is 32.6 Å². The average molecular weight is 164 g/mol. The van der Waals surface area contributed by atoms with Crippen molar-refractivity contribution in [3.63, 3.8) is 0 Å². The van der Waals surface area contributed by atoms with E-state index in [0.717, 1.165) is 10.5 Å². The molecule has 54 valence electrons. The van der Waals surface area contributed by atoms with Crippen molar-refractivity contribution in [2.45, 2.75) is 6.04 Å². The molecule has 0 N–H and O–H groups in total. The molecular weight excluding hydrogens is 150 g/mol. The zero-order chi connectivity index (χ0) is 6.91. The predicted octanol–water partition coefficient (Wildman–Crippen LogP) is 1.46. The van der Waals surface area contributed by atoms with E-state index in [4.69, 9.17) is 0 Å². The molecule has 0 radical (unpaired) electrons. The van der Waals surface area contributed by atoms with Crippen LogP contribution in [0.15, 0.2) is 0 Å². The monoisotopic (exact) mass is 164 g/mol. The van der Waals surface area contributed by atoms with E-state index in [2.05, 4.69) is 21.1 Å². The Kier molecular flexibility index (Phi) is 2.35. The van der Waals surface area contributed by atoms with Crippen molar-refractivity contribution in [1.82, 2.24) is 0 Å². The predicted molar refractivity (Wildman–Crippen MR) is 46.7 cm³/mol. The molecule has 1 saturated heterocycles. The highest BCUT2D eigenvalue weighted by molar-refractivity contribution is 8.77. The van der Waals surface area contributed by atoms with E-state index in [1.807, 2.05) is 21.6 Å². The number of quaternary nitrogens is 1. The number of hydrogen-bond donors (Lipinski definition) is 0. The molecular formula is C6H14NS2+. The normalized spacial score (nSPS) is 23.0. The Morgan fingerprint density at radius 3 is 1.78 bits per heavy atom. The Morgan fingerprint density at radius 2 is 1.56 bits per heavy atom. The Bertz CT molecular complexity index is 91.7. The summed E-state index contributed by atoms with van der Waals surface area (Å²) in [5.74, 6) is 2.66. The fraction of sp³-hybridized carbons (Fsp3) is 1.00. The van der Waals surface area contributed by atoms with E-state index in [-0.39, 0.29) is 0 Å². The number of nitrogens with zero attached hydrogens (tertiary/aromatic N) is 1. The Hall–Kier alpha value is 0.660. The molecule has 0 aliphatic carbocycles. The van der Waals surface area contributed by atoms with Crippen LogP contribution in [0.1, 0.15) is 0 Å². The van der Waals surface area contributed by atoms with Gasteiger partial charge in [-0.3, -0.25) is 0 Å². The lowest BCUT2D eigenvalue weighted by Crippen LogP contribution is -2.46. The van der Waals surface area contributed by atoms with Gasteiger partial charge in [-0.1, -0.05) is 21.6 Å². The van der Waals surface area contributed by atoms with Gasteiger partial charge in [0.1, 0.15) is 6.04 Å². The molecule has 0 aromatic carbocycles. The molecule has 3 heteroatoms. The Morgan fingerprint density at radius 1 is 1.11 bits per heavy atom. The summed E-state index contributed by atoms with van der Waals surface area (Å²) in [6.45, 7) is 0. The average Bonchev–Trinajstić information content (AvgIpc) is 2.08. The molecule has 0 bridgehead atoms. The van der Waals surface area contributed by atoms with E-state index in [1.54, 1.807) is 0 Å². The second-order valence-electron chi connectivity index (χ2n) is 3.34. The molecule has 0 aromatic rings. The van der Waals surface area contributed by atoms with Crippen molar-refractivity contribution in [1.29, 1.82) is 0 Å². The van der Waals surface area contributed by atoms with Gasteiger partial charge in [-0.15, -0.1) is 0 Å². The molecule has 1 fully saturated rings. The lowest BCUT2D eigenvalue weighted by atomic mass is 10.3. The first-order valence-electron chi connectivity index (χ1n) is 3.16. The number of rotatable bonds is 1. The summed E-state index contributed by atoms with van der Waals surface area (Å²) in [5, 5.41) is 0. The van der Waals surface area contributed by atoms with Gasteiger partial charge in [0.2, 0.25) is 0 Å². The van der Waals surface area contributed by atoms with Crippen molar-refractivity contribution in [2.75, 3.05) is 32.6 Å². The molecule has 0 unspecified atom stereocenters. The fourth-order valence-electron chi connectivity index (χ4n) is 0.749. The first kappa shape index (κ1) is 7.76. The highest BCUT2D eigenvalue weighted by Crippen LogP contribution is 2.34. The van der Waals surface area contributed by atoms with Gasteiger partial charge in [-0.25, -0.2) is 0 Å². The summed E-state index contributed by atoms with van der Waals surface area (Å²) in [6, 6.07) is 0.875. The third-order valence-electron chi connectivity index (χ3n) is 1.70. The molecule has 1 nitrogen and oxygen atoms in total. The van der Waals surface area contributed by atoms with Crippen LogP contribution >= 0.6 is 21.6 Å². The van der Waals surface area contributed by atoms with Gasteiger partial charge >= 0.3 is 0 Å². The SMILES string of the molecule is C[N+](C)(C)C1CSSC1. The lowest BCUT2D eigenvalue weighted by molar-refractivity contribution is -0.889. The van der Waals surface area contributed by atoms with Gasteiger partial charge in [-0.2, -0.15) is 0 Å². The van der Waals surface area contributed by atoms with Gasteiger partial charge in [0.15, 0.2) is 0 Å². The van der Waals surface area contributed by atoms with Crippen LogP contribution in [-0.2, 0) is 0 Å². The molecule has 0 amide bonds. The molecule has 9 heavy (non-hydrogen) atoms. The molecule has 0 spiro atoms. The molecule has 1 heterocycles. The van der Waals surface area contributed by atoms with Crippen LogP contribution < -0.4 is 0 Å². The Balaban J connectivity index is 2.42. The van der Waals surface area contributed by atoms with Crippen molar-refractivity contribution in [3.05, 3.63) is 0 Å². The van der Waals surface area contributed by atoms with Crippen molar-refractivity contribution >= 4 is 21.6 Å². The second-order valence-corrected chi connectivity index (χ2v) is 5.89. The van der Waals surface area contributed by atoms with Crippen molar-refractivity contribution in [3.8, 4) is 0 Å². The van der Waals surface area contributed by atoms with Crippen LogP contribution in [0, 0.1) is 0 Å². The molecule has 1 aliphatic heterocycles. The van der Waals surface area contributed by atoms with Crippen LogP contribution in [0.25, 0.3) is 0 Å². The highest BCUT2D eigenvalue weighted by atomic mass is 33.1. The maximum Gasteiger partial charge on any atom is 0.108 e. The minimum atomic E-state index is 0.875. The maximum atomic E-state index is 2.27. The lowest BCUT2D eigenvalue weighted by Gasteiger charge is -2.30. The highest BCUT2D eigenvalue weighted by Gasteiger charge is 2.28. The summed E-state index contributed by atoms with van der Waals surface area (Å²) in [4.78, 5) is 0. The quantitative estimate of drug-likeness (QED) is 0.425. The summed E-state index contributed by atoms with van der Waals surface area (Å²) in [6.07, 6.45) is 0. The van der Waals surface area contributed by atoms with E-state index < -0.39 is 0 Å². The molecule has 0 atom stereocenters. The molecule has 0 aromatic heterocycles. The summed E-state index contributed by atoms with van der Waals surface area (Å²) < 4.78 is 1.12. The van der Waals surface area contributed by atoms with Crippen LogP contribution in [-0.4, -0.2) is 43.2 Å². The largest absolute Gasteiger partial charge is 0.327 e.